The van der Waals surface area contributed by atoms with Crippen LogP contribution in [0.5, 0.6) is 0 Å². The van der Waals surface area contributed by atoms with Gasteiger partial charge in [0.15, 0.2) is 0 Å². The average molecular weight is 247 g/mol. The van der Waals surface area contributed by atoms with Crippen molar-refractivity contribution < 1.29 is 9.90 Å². The first kappa shape index (κ1) is 14.7. The van der Waals surface area contributed by atoms with Crippen LogP contribution in [0.2, 0.25) is 0 Å². The van der Waals surface area contributed by atoms with Gasteiger partial charge in [0.05, 0.1) is 5.97 Å². The van der Waals surface area contributed by atoms with E-state index in [1.165, 1.54) is 5.56 Å². The van der Waals surface area contributed by atoms with Gasteiger partial charge in [-0.2, -0.15) is 0 Å². The normalized spacial score (nSPS) is 14.6. The molecule has 0 amide bonds. The minimum atomic E-state index is -0.987. The van der Waals surface area contributed by atoms with Gasteiger partial charge in [-0.15, -0.1) is 0 Å². The van der Waals surface area contributed by atoms with Gasteiger partial charge in [0.25, 0.3) is 0 Å². The van der Waals surface area contributed by atoms with Crippen molar-refractivity contribution in [2.75, 3.05) is 0 Å². The fourth-order valence-electron chi connectivity index (χ4n) is 2.49. The maximum absolute atomic E-state index is 11.6. The van der Waals surface area contributed by atoms with Gasteiger partial charge in [-0.25, -0.2) is 0 Å². The summed E-state index contributed by atoms with van der Waals surface area (Å²) in [6.45, 7) is 12.0. The summed E-state index contributed by atoms with van der Waals surface area (Å²) in [6, 6.07) is 3.97. The summed E-state index contributed by atoms with van der Waals surface area (Å²) in [5, 5.41) is 11.6. The molecule has 1 aromatic carbocycles. The fourth-order valence-corrected chi connectivity index (χ4v) is 2.49. The lowest BCUT2D eigenvalue weighted by Gasteiger charge is -2.34. The van der Waals surface area contributed by atoms with Crippen LogP contribution >= 0.6 is 0 Å². The molecular weight excluding hydrogens is 224 g/mol. The number of benzene rings is 1. The highest BCUT2D eigenvalue weighted by Gasteiger charge is 2.30. The molecule has 0 bridgehead atoms. The second-order valence-corrected chi connectivity index (χ2v) is 5.95. The van der Waals surface area contributed by atoms with Crippen molar-refractivity contribution in [2.24, 2.45) is 5.92 Å². The highest BCUT2D eigenvalue weighted by atomic mass is 16.4. The molecule has 2 heteroatoms. The van der Waals surface area contributed by atoms with E-state index in [4.69, 9.17) is 0 Å². The van der Waals surface area contributed by atoms with E-state index in [1.54, 1.807) is 6.92 Å². The number of carbonyl (C=O) groups excluding carboxylic acids is 1. The number of rotatable bonds is 4. The van der Waals surface area contributed by atoms with Gasteiger partial charge in [0.2, 0.25) is 0 Å². The first-order chi connectivity index (χ1) is 8.18. The minimum Gasteiger partial charge on any atom is -0.549 e. The zero-order chi connectivity index (χ0) is 14.1. The molecule has 1 rings (SSSR count). The predicted molar refractivity (Wildman–Crippen MR) is 72.5 cm³/mol. The van der Waals surface area contributed by atoms with Gasteiger partial charge < -0.3 is 9.90 Å². The monoisotopic (exact) mass is 247 g/mol. The number of carboxylic acids is 1. The molecule has 0 fully saturated rings. The molecule has 0 aliphatic heterocycles. The van der Waals surface area contributed by atoms with Crippen molar-refractivity contribution in [1.29, 1.82) is 0 Å². The molecule has 18 heavy (non-hydrogen) atoms. The van der Waals surface area contributed by atoms with Crippen LogP contribution in [0.15, 0.2) is 12.1 Å². The van der Waals surface area contributed by atoms with Crippen LogP contribution in [0.4, 0.5) is 0 Å². The molecule has 0 aliphatic carbocycles. The quantitative estimate of drug-likeness (QED) is 0.820. The summed E-state index contributed by atoms with van der Waals surface area (Å²) >= 11 is 0. The molecule has 100 valence electrons. The minimum absolute atomic E-state index is 0.315. The van der Waals surface area contributed by atoms with Gasteiger partial charge in [-0.05, 0) is 55.4 Å². The summed E-state index contributed by atoms with van der Waals surface area (Å²) in [6.07, 6.45) is 0.595. The number of aryl methyl sites for hydroxylation is 2. The van der Waals surface area contributed by atoms with E-state index in [2.05, 4.69) is 6.92 Å². The molecular formula is C16H23O2-. The van der Waals surface area contributed by atoms with E-state index < -0.39 is 11.4 Å². The SMILES string of the molecule is Cc1cc(C(C)(CC(C)C)C(=O)[O-])cc(C)c1C. The van der Waals surface area contributed by atoms with Crippen LogP contribution in [-0.2, 0) is 10.2 Å². The Hall–Kier alpha value is -1.31. The van der Waals surface area contributed by atoms with E-state index in [1.807, 2.05) is 39.8 Å². The lowest BCUT2D eigenvalue weighted by Crippen LogP contribution is -2.44. The third kappa shape index (κ3) is 2.74. The van der Waals surface area contributed by atoms with Crippen molar-refractivity contribution in [3.05, 3.63) is 34.4 Å². The van der Waals surface area contributed by atoms with E-state index in [0.29, 0.717) is 12.3 Å². The number of hydrogen-bond donors (Lipinski definition) is 0. The van der Waals surface area contributed by atoms with Crippen LogP contribution in [0, 0.1) is 26.7 Å². The Morgan fingerprint density at radius 1 is 1.22 bits per heavy atom. The lowest BCUT2D eigenvalue weighted by molar-refractivity contribution is -0.313. The van der Waals surface area contributed by atoms with Gasteiger partial charge in [-0.1, -0.05) is 32.9 Å². The molecule has 1 aromatic rings. The van der Waals surface area contributed by atoms with Crippen LogP contribution in [0.3, 0.4) is 0 Å². The van der Waals surface area contributed by atoms with Crippen molar-refractivity contribution in [2.45, 2.75) is 53.4 Å². The lowest BCUT2D eigenvalue weighted by atomic mass is 9.75. The Morgan fingerprint density at radius 2 is 1.67 bits per heavy atom. The summed E-state index contributed by atoms with van der Waals surface area (Å²) in [4.78, 5) is 11.6. The molecule has 2 nitrogen and oxygen atoms in total. The number of carbonyl (C=O) groups is 1. The smallest absolute Gasteiger partial charge is 0.0517 e. The molecule has 0 saturated heterocycles. The van der Waals surface area contributed by atoms with Crippen LogP contribution < -0.4 is 5.11 Å². The van der Waals surface area contributed by atoms with Crippen molar-refractivity contribution >= 4 is 5.97 Å². The van der Waals surface area contributed by atoms with Gasteiger partial charge >= 0.3 is 0 Å². The van der Waals surface area contributed by atoms with E-state index in [-0.39, 0.29) is 0 Å². The second kappa shape index (κ2) is 5.13. The standard InChI is InChI=1S/C16H24O2/c1-10(2)9-16(6,15(17)18)14-7-11(3)13(5)12(4)8-14/h7-8,10H,9H2,1-6H3,(H,17,18)/p-1. The third-order valence-corrected chi connectivity index (χ3v) is 3.83. The average Bonchev–Trinajstić information content (AvgIpc) is 2.23. The van der Waals surface area contributed by atoms with Crippen molar-refractivity contribution in [1.82, 2.24) is 0 Å². The summed E-state index contributed by atoms with van der Waals surface area (Å²) in [7, 11) is 0. The maximum atomic E-state index is 11.6. The summed E-state index contributed by atoms with van der Waals surface area (Å²) in [5.41, 5.74) is 3.46. The number of aliphatic carboxylic acids is 1. The number of hydrogen-bond acceptors (Lipinski definition) is 2. The second-order valence-electron chi connectivity index (χ2n) is 5.95. The third-order valence-electron chi connectivity index (χ3n) is 3.83. The summed E-state index contributed by atoms with van der Waals surface area (Å²) in [5.74, 6) is -0.673. The molecule has 0 aliphatic rings. The van der Waals surface area contributed by atoms with Crippen LogP contribution in [0.25, 0.3) is 0 Å². The predicted octanol–water partition coefficient (Wildman–Crippen LogP) is 2.67. The molecule has 0 aromatic heterocycles. The molecule has 0 N–H and O–H groups in total. The van der Waals surface area contributed by atoms with E-state index in [0.717, 1.165) is 16.7 Å². The Kier molecular flexibility index (Phi) is 4.20. The first-order valence-electron chi connectivity index (χ1n) is 6.48. The van der Waals surface area contributed by atoms with Crippen molar-refractivity contribution in [3.8, 4) is 0 Å². The summed E-state index contributed by atoms with van der Waals surface area (Å²) < 4.78 is 0. The van der Waals surface area contributed by atoms with Crippen molar-refractivity contribution in [3.63, 3.8) is 0 Å². The first-order valence-corrected chi connectivity index (χ1v) is 6.48. The number of carboxylic acid groups (broad SMARTS) is 1. The van der Waals surface area contributed by atoms with Crippen LogP contribution in [0.1, 0.15) is 49.4 Å². The van der Waals surface area contributed by atoms with E-state index in [9.17, 15) is 9.90 Å². The molecule has 0 radical (unpaired) electrons. The largest absolute Gasteiger partial charge is 0.549 e. The molecule has 0 heterocycles. The zero-order valence-electron chi connectivity index (χ0n) is 12.3. The molecule has 0 saturated carbocycles. The Morgan fingerprint density at radius 3 is 2.00 bits per heavy atom. The molecule has 1 atom stereocenters. The van der Waals surface area contributed by atoms with Gasteiger partial charge in [0.1, 0.15) is 0 Å². The highest BCUT2D eigenvalue weighted by Crippen LogP contribution is 2.32. The Balaban J connectivity index is 3.35. The zero-order valence-corrected chi connectivity index (χ0v) is 12.3. The van der Waals surface area contributed by atoms with Crippen LogP contribution in [-0.4, -0.2) is 5.97 Å². The maximum Gasteiger partial charge on any atom is 0.0517 e. The van der Waals surface area contributed by atoms with Gasteiger partial charge in [-0.3, -0.25) is 0 Å². The topological polar surface area (TPSA) is 40.1 Å². The highest BCUT2D eigenvalue weighted by molar-refractivity contribution is 5.79. The Labute approximate surface area is 110 Å². The van der Waals surface area contributed by atoms with Gasteiger partial charge in [0, 0.05) is 5.41 Å². The Bertz CT molecular complexity index is 437. The van der Waals surface area contributed by atoms with E-state index >= 15 is 0 Å². The molecule has 0 spiro atoms. The fraction of sp³-hybridized carbons (Fsp3) is 0.562. The molecule has 1 unspecified atom stereocenters.